The third kappa shape index (κ3) is 4.81. The van der Waals surface area contributed by atoms with Gasteiger partial charge in [0.05, 0.1) is 11.7 Å². The van der Waals surface area contributed by atoms with Gasteiger partial charge >= 0.3 is 0 Å². The van der Waals surface area contributed by atoms with E-state index in [9.17, 15) is 4.79 Å². The average Bonchev–Trinajstić information content (AvgIpc) is 3.02. The second-order valence-electron chi connectivity index (χ2n) is 6.41. The molecule has 2 aromatic rings. The molecule has 3 rings (SSSR count). The monoisotopic (exact) mass is 362 g/mol. The smallest absolute Gasteiger partial charge is 0.241 e. The lowest BCUT2D eigenvalue weighted by Crippen LogP contribution is -2.52. The molecular formula is C18H23ClN4O2. The number of nitrogens with zero attached hydrogens (tertiary/aromatic N) is 3. The minimum atomic E-state index is -0.174. The zero-order valence-electron chi connectivity index (χ0n) is 14.5. The second-order valence-corrected chi connectivity index (χ2v) is 6.85. The largest absolute Gasteiger partial charge is 0.361 e. The number of nitrogens with one attached hydrogen (secondary N) is 1. The Morgan fingerprint density at radius 3 is 2.56 bits per heavy atom. The van der Waals surface area contributed by atoms with E-state index in [0.29, 0.717) is 5.02 Å². The molecule has 1 saturated heterocycles. The van der Waals surface area contributed by atoms with Crippen molar-refractivity contribution in [2.45, 2.75) is 26.4 Å². The molecule has 0 aliphatic carbocycles. The first-order valence-electron chi connectivity index (χ1n) is 8.46. The van der Waals surface area contributed by atoms with Gasteiger partial charge in [-0.2, -0.15) is 0 Å². The van der Waals surface area contributed by atoms with Gasteiger partial charge < -0.3 is 9.84 Å². The normalized spacial score (nSPS) is 17.4. The van der Waals surface area contributed by atoms with E-state index in [1.54, 1.807) is 12.1 Å². The summed E-state index contributed by atoms with van der Waals surface area (Å²) in [7, 11) is 0. The van der Waals surface area contributed by atoms with Gasteiger partial charge in [0, 0.05) is 49.5 Å². The Hall–Kier alpha value is -1.89. The number of halogens is 1. The lowest BCUT2D eigenvalue weighted by Gasteiger charge is -2.37. The van der Waals surface area contributed by atoms with Crippen LogP contribution in [0.4, 0.5) is 5.69 Å². The molecule has 1 atom stereocenters. The summed E-state index contributed by atoms with van der Waals surface area (Å²) in [6.07, 6.45) is 0. The molecule has 1 amide bonds. The zero-order chi connectivity index (χ0) is 17.8. The maximum Gasteiger partial charge on any atom is 0.241 e. The van der Waals surface area contributed by atoms with E-state index in [-0.39, 0.29) is 11.9 Å². The van der Waals surface area contributed by atoms with Gasteiger partial charge in [0.15, 0.2) is 0 Å². The molecule has 7 heteroatoms. The fourth-order valence-electron chi connectivity index (χ4n) is 2.98. The highest BCUT2D eigenvalue weighted by Crippen LogP contribution is 2.15. The molecule has 2 heterocycles. The topological polar surface area (TPSA) is 61.6 Å². The van der Waals surface area contributed by atoms with E-state index in [1.807, 2.05) is 32.0 Å². The van der Waals surface area contributed by atoms with E-state index in [4.69, 9.17) is 16.1 Å². The highest BCUT2D eigenvalue weighted by atomic mass is 35.5. The number of rotatable bonds is 5. The number of anilines is 1. The van der Waals surface area contributed by atoms with E-state index >= 15 is 0 Å². The van der Waals surface area contributed by atoms with Crippen LogP contribution in [0.2, 0.25) is 5.02 Å². The highest BCUT2D eigenvalue weighted by Gasteiger charge is 2.26. The number of hydrogen-bond donors (Lipinski definition) is 1. The van der Waals surface area contributed by atoms with Gasteiger partial charge in [-0.05, 0) is 38.1 Å². The molecule has 1 aromatic heterocycles. The van der Waals surface area contributed by atoms with Crippen molar-refractivity contribution in [1.29, 1.82) is 0 Å². The van der Waals surface area contributed by atoms with Gasteiger partial charge in [-0.25, -0.2) is 0 Å². The number of piperazine rings is 1. The number of amides is 1. The molecule has 0 unspecified atom stereocenters. The van der Waals surface area contributed by atoms with Crippen LogP contribution in [0.5, 0.6) is 0 Å². The van der Waals surface area contributed by atoms with Gasteiger partial charge in [0.2, 0.25) is 5.91 Å². The molecule has 0 bridgehead atoms. The highest BCUT2D eigenvalue weighted by molar-refractivity contribution is 6.30. The summed E-state index contributed by atoms with van der Waals surface area (Å²) in [5.74, 6) is 0.837. The first kappa shape index (κ1) is 17.9. The van der Waals surface area contributed by atoms with E-state index in [2.05, 4.69) is 20.3 Å². The molecule has 1 N–H and O–H groups in total. The zero-order valence-corrected chi connectivity index (χ0v) is 15.3. The van der Waals surface area contributed by atoms with Gasteiger partial charge in [-0.15, -0.1) is 0 Å². The number of carbonyl (C=O) groups excluding carboxylic acids is 1. The summed E-state index contributed by atoms with van der Waals surface area (Å²) in [6, 6.07) is 8.95. The first-order chi connectivity index (χ1) is 12.0. The van der Waals surface area contributed by atoms with Crippen molar-refractivity contribution in [3.8, 4) is 0 Å². The van der Waals surface area contributed by atoms with Crippen molar-refractivity contribution in [2.24, 2.45) is 0 Å². The number of aryl methyl sites for hydroxylation is 1. The van der Waals surface area contributed by atoms with Crippen LogP contribution in [0, 0.1) is 6.92 Å². The molecular weight excluding hydrogens is 340 g/mol. The van der Waals surface area contributed by atoms with Gasteiger partial charge in [0.25, 0.3) is 0 Å². The van der Waals surface area contributed by atoms with Crippen LogP contribution in [0.15, 0.2) is 34.9 Å². The van der Waals surface area contributed by atoms with Crippen LogP contribution in [-0.2, 0) is 11.3 Å². The molecule has 6 nitrogen and oxygen atoms in total. The van der Waals surface area contributed by atoms with Crippen LogP contribution in [0.1, 0.15) is 18.4 Å². The SMILES string of the molecule is Cc1cc(CN2CCN([C@@H](C)C(=O)Nc3ccc(Cl)cc3)CC2)no1. The molecule has 25 heavy (non-hydrogen) atoms. The fourth-order valence-corrected chi connectivity index (χ4v) is 3.10. The predicted octanol–water partition coefficient (Wildman–Crippen LogP) is 2.78. The molecule has 0 radical (unpaired) electrons. The Labute approximate surface area is 152 Å². The van der Waals surface area contributed by atoms with Crippen molar-refractivity contribution < 1.29 is 9.32 Å². The Morgan fingerprint density at radius 2 is 1.96 bits per heavy atom. The molecule has 0 spiro atoms. The molecule has 1 fully saturated rings. The molecule has 1 aliphatic rings. The Bertz CT molecular complexity index is 708. The minimum Gasteiger partial charge on any atom is -0.361 e. The van der Waals surface area contributed by atoms with Crippen LogP contribution >= 0.6 is 11.6 Å². The number of hydrogen-bond acceptors (Lipinski definition) is 5. The summed E-state index contributed by atoms with van der Waals surface area (Å²) in [6.45, 7) is 8.15. The van der Waals surface area contributed by atoms with Crippen molar-refractivity contribution in [3.63, 3.8) is 0 Å². The number of aromatic nitrogens is 1. The van der Waals surface area contributed by atoms with Gasteiger partial charge in [-0.1, -0.05) is 16.8 Å². The van der Waals surface area contributed by atoms with Crippen LogP contribution in [0.3, 0.4) is 0 Å². The molecule has 1 aliphatic heterocycles. The molecule has 1 aromatic carbocycles. The maximum absolute atomic E-state index is 12.5. The van der Waals surface area contributed by atoms with Crippen LogP contribution < -0.4 is 5.32 Å². The summed E-state index contributed by atoms with van der Waals surface area (Å²) >= 11 is 5.87. The lowest BCUT2D eigenvalue weighted by molar-refractivity contribution is -0.121. The fraction of sp³-hybridized carbons (Fsp3) is 0.444. The van der Waals surface area contributed by atoms with E-state index < -0.39 is 0 Å². The average molecular weight is 363 g/mol. The van der Waals surface area contributed by atoms with Crippen LogP contribution in [0.25, 0.3) is 0 Å². The number of benzene rings is 1. The predicted molar refractivity (Wildman–Crippen MR) is 97.6 cm³/mol. The standard InChI is InChI=1S/C18H23ClN4O2/c1-13-11-17(21-25-13)12-22-7-9-23(10-8-22)14(2)18(24)20-16-5-3-15(19)4-6-16/h3-6,11,14H,7-10,12H2,1-2H3,(H,20,24)/t14-/m0/s1. The van der Waals surface area contributed by atoms with Crippen molar-refractivity contribution in [3.05, 3.63) is 46.8 Å². The van der Waals surface area contributed by atoms with Gasteiger partial charge in [-0.3, -0.25) is 14.6 Å². The Morgan fingerprint density at radius 1 is 1.28 bits per heavy atom. The van der Waals surface area contributed by atoms with Gasteiger partial charge in [0.1, 0.15) is 5.76 Å². The minimum absolute atomic E-state index is 0.00268. The third-order valence-electron chi connectivity index (χ3n) is 4.51. The quantitative estimate of drug-likeness (QED) is 0.886. The molecule has 134 valence electrons. The van der Waals surface area contributed by atoms with E-state index in [1.165, 1.54) is 0 Å². The molecule has 0 saturated carbocycles. The summed E-state index contributed by atoms with van der Waals surface area (Å²) in [5, 5.41) is 7.64. The summed E-state index contributed by atoms with van der Waals surface area (Å²) < 4.78 is 5.11. The summed E-state index contributed by atoms with van der Waals surface area (Å²) in [5.41, 5.74) is 1.72. The Kier molecular flexibility index (Phi) is 5.73. The third-order valence-corrected chi connectivity index (χ3v) is 4.76. The van der Waals surface area contributed by atoms with Crippen molar-refractivity contribution in [2.75, 3.05) is 31.5 Å². The maximum atomic E-state index is 12.5. The Balaban J connectivity index is 1.48. The summed E-state index contributed by atoms with van der Waals surface area (Å²) in [4.78, 5) is 17.0. The first-order valence-corrected chi connectivity index (χ1v) is 8.84. The van der Waals surface area contributed by atoms with Crippen LogP contribution in [-0.4, -0.2) is 53.1 Å². The van der Waals surface area contributed by atoms with Crippen molar-refractivity contribution in [1.82, 2.24) is 15.0 Å². The lowest BCUT2D eigenvalue weighted by atomic mass is 10.2. The number of carbonyl (C=O) groups is 1. The van der Waals surface area contributed by atoms with E-state index in [0.717, 1.165) is 49.9 Å². The van der Waals surface area contributed by atoms with Crippen molar-refractivity contribution >= 4 is 23.2 Å². The second kappa shape index (κ2) is 7.99.